The second-order valence-electron chi connectivity index (χ2n) is 4.35. The van der Waals surface area contributed by atoms with Gasteiger partial charge >= 0.3 is 11.9 Å². The molecule has 8 N–H and O–H groups in total. The number of phenols is 2. The first-order valence-electron chi connectivity index (χ1n) is 5.86. The van der Waals surface area contributed by atoms with Crippen molar-refractivity contribution in [3.63, 3.8) is 0 Å². The summed E-state index contributed by atoms with van der Waals surface area (Å²) < 4.78 is 0. The fourth-order valence-electron chi connectivity index (χ4n) is 1.47. The minimum absolute atomic E-state index is 0.0227. The van der Waals surface area contributed by atoms with Gasteiger partial charge in [0.2, 0.25) is 0 Å². The fourth-order valence-corrected chi connectivity index (χ4v) is 2.49. The van der Waals surface area contributed by atoms with Crippen LogP contribution in [0.1, 0.15) is 5.56 Å². The Morgan fingerprint density at radius 3 is 2.10 bits per heavy atom. The molecular formula is C12H16N2O6S. The number of aliphatic carboxylic acids is 2. The molecule has 0 aromatic heterocycles. The second kappa shape index (κ2) is 7.16. The molecule has 0 fully saturated rings. The minimum Gasteiger partial charge on any atom is -0.504 e. The lowest BCUT2D eigenvalue weighted by molar-refractivity contribution is -0.139. The standard InChI is InChI=1S/C12H16N2O6S/c13-6(11(17)18)1-5-2-8(15)9(16)3-10(5)21-4-7(14)12(19)20/h2-3,6-7,15-16H,1,4,13-14H2,(H,17,18)(H,19,20)/t6-,7?/m0/s1. The molecule has 21 heavy (non-hydrogen) atoms. The van der Waals surface area contributed by atoms with Crippen LogP contribution in [-0.2, 0) is 16.0 Å². The molecule has 0 spiro atoms. The molecule has 0 radical (unpaired) electrons. The Hall–Kier alpha value is -1.97. The molecule has 0 aliphatic rings. The summed E-state index contributed by atoms with van der Waals surface area (Å²) in [5.74, 6) is -3.16. The van der Waals surface area contributed by atoms with E-state index in [0.29, 0.717) is 10.5 Å². The molecule has 0 aliphatic carbocycles. The number of phenolic OH excluding ortho intramolecular Hbond substituents is 2. The van der Waals surface area contributed by atoms with Gasteiger partial charge in [-0.25, -0.2) is 0 Å². The summed E-state index contributed by atoms with van der Waals surface area (Å²) in [4.78, 5) is 21.9. The molecule has 0 amide bonds. The van der Waals surface area contributed by atoms with Crippen LogP contribution in [0.4, 0.5) is 0 Å². The molecule has 2 atom stereocenters. The van der Waals surface area contributed by atoms with Gasteiger partial charge in [0, 0.05) is 10.6 Å². The van der Waals surface area contributed by atoms with Gasteiger partial charge in [0.05, 0.1) is 0 Å². The molecular weight excluding hydrogens is 300 g/mol. The Morgan fingerprint density at radius 2 is 1.57 bits per heavy atom. The van der Waals surface area contributed by atoms with E-state index in [1.54, 1.807) is 0 Å². The Labute approximate surface area is 124 Å². The van der Waals surface area contributed by atoms with Gasteiger partial charge in [-0.15, -0.1) is 11.8 Å². The SMILES string of the molecule is NC(CSc1cc(O)c(O)cc1C[C@H](N)C(=O)O)C(=O)O. The van der Waals surface area contributed by atoms with Crippen LogP contribution in [0.15, 0.2) is 17.0 Å². The number of benzene rings is 1. The van der Waals surface area contributed by atoms with Gasteiger partial charge in [-0.1, -0.05) is 0 Å². The van der Waals surface area contributed by atoms with Crippen molar-refractivity contribution in [1.82, 2.24) is 0 Å². The van der Waals surface area contributed by atoms with Crippen molar-refractivity contribution in [3.05, 3.63) is 17.7 Å². The highest BCUT2D eigenvalue weighted by atomic mass is 32.2. The molecule has 0 heterocycles. The number of carboxylic acids is 2. The zero-order valence-electron chi connectivity index (χ0n) is 10.9. The zero-order valence-corrected chi connectivity index (χ0v) is 11.7. The predicted octanol–water partition coefficient (Wildman–Crippen LogP) is -0.444. The molecule has 9 heteroatoms. The molecule has 116 valence electrons. The van der Waals surface area contributed by atoms with Crippen LogP contribution in [0.2, 0.25) is 0 Å². The van der Waals surface area contributed by atoms with E-state index in [4.69, 9.17) is 21.7 Å². The van der Waals surface area contributed by atoms with Crippen LogP contribution < -0.4 is 11.5 Å². The van der Waals surface area contributed by atoms with Gasteiger partial charge in [0.25, 0.3) is 0 Å². The smallest absolute Gasteiger partial charge is 0.321 e. The maximum Gasteiger partial charge on any atom is 0.321 e. The summed E-state index contributed by atoms with van der Waals surface area (Å²) in [6.45, 7) is 0. The minimum atomic E-state index is -1.21. The predicted molar refractivity (Wildman–Crippen MR) is 75.4 cm³/mol. The summed E-state index contributed by atoms with van der Waals surface area (Å²) in [6, 6.07) is 0.138. The molecule has 0 saturated heterocycles. The highest BCUT2D eigenvalue weighted by molar-refractivity contribution is 7.99. The Morgan fingerprint density at radius 1 is 1.05 bits per heavy atom. The third-order valence-electron chi connectivity index (χ3n) is 2.65. The van der Waals surface area contributed by atoms with E-state index in [0.717, 1.165) is 11.8 Å². The van der Waals surface area contributed by atoms with Gasteiger partial charge in [-0.05, 0) is 24.1 Å². The first kappa shape index (κ1) is 17.1. The van der Waals surface area contributed by atoms with Crippen molar-refractivity contribution in [2.24, 2.45) is 11.5 Å². The average Bonchev–Trinajstić information content (AvgIpc) is 2.40. The fraction of sp³-hybridized carbons (Fsp3) is 0.333. The van der Waals surface area contributed by atoms with Gasteiger partial charge in [0.15, 0.2) is 11.5 Å². The summed E-state index contributed by atoms with van der Waals surface area (Å²) in [7, 11) is 0. The highest BCUT2D eigenvalue weighted by Crippen LogP contribution is 2.34. The van der Waals surface area contributed by atoms with Gasteiger partial charge < -0.3 is 31.9 Å². The molecule has 1 aromatic carbocycles. The number of thioether (sulfide) groups is 1. The Balaban J connectivity index is 2.97. The van der Waals surface area contributed by atoms with Crippen LogP contribution in [-0.4, -0.2) is 50.2 Å². The van der Waals surface area contributed by atoms with Crippen LogP contribution in [0, 0.1) is 0 Å². The summed E-state index contributed by atoms with van der Waals surface area (Å²) in [5, 5.41) is 36.5. The van der Waals surface area contributed by atoms with Crippen LogP contribution in [0.25, 0.3) is 0 Å². The lowest BCUT2D eigenvalue weighted by Gasteiger charge is -2.14. The third kappa shape index (κ3) is 4.81. The maximum absolute atomic E-state index is 10.8. The van der Waals surface area contributed by atoms with Crippen LogP contribution >= 0.6 is 11.8 Å². The third-order valence-corrected chi connectivity index (χ3v) is 3.87. The second-order valence-corrected chi connectivity index (χ2v) is 5.42. The van der Waals surface area contributed by atoms with Crippen LogP contribution in [0.3, 0.4) is 0 Å². The molecule has 0 aliphatic heterocycles. The molecule has 1 rings (SSSR count). The van der Waals surface area contributed by atoms with Crippen molar-refractivity contribution in [1.29, 1.82) is 0 Å². The van der Waals surface area contributed by atoms with E-state index in [-0.39, 0.29) is 12.2 Å². The molecule has 0 saturated carbocycles. The first-order valence-corrected chi connectivity index (χ1v) is 6.85. The van der Waals surface area contributed by atoms with E-state index in [2.05, 4.69) is 0 Å². The average molecular weight is 316 g/mol. The highest BCUT2D eigenvalue weighted by Gasteiger charge is 2.19. The Kier molecular flexibility index (Phi) is 5.82. The van der Waals surface area contributed by atoms with Crippen molar-refractivity contribution >= 4 is 23.7 Å². The van der Waals surface area contributed by atoms with E-state index in [1.165, 1.54) is 12.1 Å². The molecule has 8 nitrogen and oxygen atoms in total. The molecule has 1 unspecified atom stereocenters. The van der Waals surface area contributed by atoms with Gasteiger partial charge in [-0.2, -0.15) is 0 Å². The normalized spacial score (nSPS) is 13.6. The summed E-state index contributed by atoms with van der Waals surface area (Å²) in [6.07, 6.45) is -0.0756. The maximum atomic E-state index is 10.8. The monoisotopic (exact) mass is 316 g/mol. The number of aromatic hydroxyl groups is 2. The summed E-state index contributed by atoms with van der Waals surface area (Å²) in [5.41, 5.74) is 11.2. The van der Waals surface area contributed by atoms with Gasteiger partial charge in [0.1, 0.15) is 12.1 Å². The molecule has 1 aromatic rings. The zero-order chi connectivity index (χ0) is 16.2. The van der Waals surface area contributed by atoms with E-state index in [9.17, 15) is 19.8 Å². The number of carboxylic acid groups (broad SMARTS) is 2. The first-order chi connectivity index (χ1) is 9.72. The van der Waals surface area contributed by atoms with E-state index >= 15 is 0 Å². The lowest BCUT2D eigenvalue weighted by Crippen LogP contribution is -2.33. The summed E-state index contributed by atoms with van der Waals surface area (Å²) >= 11 is 1.03. The molecule has 0 bridgehead atoms. The van der Waals surface area contributed by atoms with Crippen molar-refractivity contribution in [2.45, 2.75) is 23.4 Å². The number of rotatable bonds is 7. The van der Waals surface area contributed by atoms with Gasteiger partial charge in [-0.3, -0.25) is 9.59 Å². The topological polar surface area (TPSA) is 167 Å². The largest absolute Gasteiger partial charge is 0.504 e. The van der Waals surface area contributed by atoms with E-state index in [1.807, 2.05) is 0 Å². The number of hydrogen-bond donors (Lipinski definition) is 6. The quantitative estimate of drug-likeness (QED) is 0.288. The number of carbonyl (C=O) groups is 2. The van der Waals surface area contributed by atoms with Crippen molar-refractivity contribution in [3.8, 4) is 11.5 Å². The van der Waals surface area contributed by atoms with Crippen molar-refractivity contribution < 1.29 is 30.0 Å². The lowest BCUT2D eigenvalue weighted by atomic mass is 10.1. The van der Waals surface area contributed by atoms with Crippen LogP contribution in [0.5, 0.6) is 11.5 Å². The van der Waals surface area contributed by atoms with Crippen molar-refractivity contribution in [2.75, 3.05) is 5.75 Å². The number of hydrogen-bond acceptors (Lipinski definition) is 7. The Bertz CT molecular complexity index is 551. The van der Waals surface area contributed by atoms with E-state index < -0.39 is 35.5 Å². The number of nitrogens with two attached hydrogens (primary N) is 2.